The molecule has 0 aromatic heterocycles. The fraction of sp³-hybridized carbons (Fsp3) is 0.895. The van der Waals surface area contributed by atoms with E-state index in [0.717, 1.165) is 32.1 Å². The molecule has 23 heavy (non-hydrogen) atoms. The zero-order valence-corrected chi connectivity index (χ0v) is 15.2. The molecule has 1 saturated carbocycles. The second kappa shape index (κ2) is 12.4. The summed E-state index contributed by atoms with van der Waals surface area (Å²) in [5.41, 5.74) is 0. The maximum Gasteiger partial charge on any atom is 0.309 e. The van der Waals surface area contributed by atoms with Gasteiger partial charge in [-0.2, -0.15) is 0 Å². The molecule has 1 fully saturated rings. The molecule has 1 rings (SSSR count). The minimum absolute atomic E-state index is 0.171. The number of rotatable bonds is 10. The van der Waals surface area contributed by atoms with Crippen molar-refractivity contribution in [3.63, 3.8) is 0 Å². The summed E-state index contributed by atoms with van der Waals surface area (Å²) < 4.78 is 0. The van der Waals surface area contributed by atoms with E-state index in [2.05, 4.69) is 24.5 Å². The van der Waals surface area contributed by atoms with Crippen LogP contribution in [0.15, 0.2) is 0 Å². The number of carbonyl (C=O) groups excluding carboxylic acids is 2. The number of hydrogen-bond donors (Lipinski definition) is 2. The van der Waals surface area contributed by atoms with Gasteiger partial charge >= 0.3 is 11.8 Å². The molecule has 0 heterocycles. The fourth-order valence-corrected chi connectivity index (χ4v) is 3.31. The smallest absolute Gasteiger partial charge is 0.309 e. The van der Waals surface area contributed by atoms with Crippen LogP contribution in [-0.2, 0) is 9.59 Å². The van der Waals surface area contributed by atoms with Crippen LogP contribution in [0.25, 0.3) is 0 Å². The van der Waals surface area contributed by atoms with Crippen molar-refractivity contribution in [2.75, 3.05) is 6.54 Å². The summed E-state index contributed by atoms with van der Waals surface area (Å²) in [5.74, 6) is -0.442. The Bertz CT molecular complexity index is 344. The Kier molecular flexibility index (Phi) is 10.8. The highest BCUT2D eigenvalue weighted by Gasteiger charge is 2.25. The van der Waals surface area contributed by atoms with Crippen LogP contribution in [0, 0.1) is 5.92 Å². The SMILES string of the molecule is CCCCCCCCCCNC(=O)C(=O)N[C@@H]1CCCC[C@@H]1C. The van der Waals surface area contributed by atoms with Gasteiger partial charge in [0.05, 0.1) is 0 Å². The van der Waals surface area contributed by atoms with E-state index in [9.17, 15) is 9.59 Å². The Labute approximate surface area is 142 Å². The minimum Gasteiger partial charge on any atom is -0.348 e. The topological polar surface area (TPSA) is 58.2 Å². The number of hydrogen-bond acceptors (Lipinski definition) is 2. The van der Waals surface area contributed by atoms with E-state index in [0.29, 0.717) is 12.5 Å². The summed E-state index contributed by atoms with van der Waals surface area (Å²) in [6.45, 7) is 5.00. The zero-order valence-electron chi connectivity index (χ0n) is 15.2. The van der Waals surface area contributed by atoms with Crippen LogP contribution in [0.5, 0.6) is 0 Å². The Balaban J connectivity index is 2.01. The molecular formula is C19H36N2O2. The molecule has 0 unspecified atom stereocenters. The molecular weight excluding hydrogens is 288 g/mol. The van der Waals surface area contributed by atoms with Crippen molar-refractivity contribution in [2.45, 2.75) is 96.9 Å². The average molecular weight is 325 g/mol. The van der Waals surface area contributed by atoms with Crippen LogP contribution in [0.3, 0.4) is 0 Å². The van der Waals surface area contributed by atoms with Crippen LogP contribution < -0.4 is 10.6 Å². The quantitative estimate of drug-likeness (QED) is 0.472. The largest absolute Gasteiger partial charge is 0.348 e. The van der Waals surface area contributed by atoms with E-state index in [1.165, 1.54) is 44.9 Å². The van der Waals surface area contributed by atoms with Crippen molar-refractivity contribution >= 4 is 11.8 Å². The van der Waals surface area contributed by atoms with Gasteiger partial charge in [-0.25, -0.2) is 0 Å². The standard InChI is InChI=1S/C19H36N2O2/c1-3-4-5-6-7-8-9-12-15-20-18(22)19(23)21-17-14-11-10-13-16(17)2/h16-17H,3-15H2,1-2H3,(H,20,22)(H,21,23)/t16-,17+/m0/s1. The number of amides is 2. The number of unbranched alkanes of at least 4 members (excludes halogenated alkanes) is 7. The van der Waals surface area contributed by atoms with Crippen LogP contribution in [0.2, 0.25) is 0 Å². The predicted octanol–water partition coefficient (Wildman–Crippen LogP) is 3.94. The summed E-state index contributed by atoms with van der Waals surface area (Å²) in [6, 6.07) is 0.171. The van der Waals surface area contributed by atoms with Gasteiger partial charge in [-0.3, -0.25) is 9.59 Å². The molecule has 0 aliphatic heterocycles. The van der Waals surface area contributed by atoms with Crippen LogP contribution in [0.4, 0.5) is 0 Å². The first-order valence-corrected chi connectivity index (χ1v) is 9.73. The molecule has 0 bridgehead atoms. The van der Waals surface area contributed by atoms with Crippen LogP contribution >= 0.6 is 0 Å². The molecule has 0 radical (unpaired) electrons. The van der Waals surface area contributed by atoms with E-state index in [1.807, 2.05) is 0 Å². The molecule has 2 atom stereocenters. The maximum atomic E-state index is 11.9. The number of carbonyl (C=O) groups is 2. The molecule has 0 aromatic carbocycles. The molecule has 1 aliphatic rings. The highest BCUT2D eigenvalue weighted by molar-refractivity contribution is 6.35. The van der Waals surface area contributed by atoms with Gasteiger partial charge in [0, 0.05) is 12.6 Å². The Morgan fingerprint density at radius 2 is 1.48 bits per heavy atom. The second-order valence-electron chi connectivity index (χ2n) is 7.07. The lowest BCUT2D eigenvalue weighted by Crippen LogP contribution is -2.47. The van der Waals surface area contributed by atoms with E-state index >= 15 is 0 Å². The molecule has 4 nitrogen and oxygen atoms in total. The first-order valence-electron chi connectivity index (χ1n) is 9.73. The summed E-state index contributed by atoms with van der Waals surface area (Å²) in [6.07, 6.45) is 14.4. The summed E-state index contributed by atoms with van der Waals surface area (Å²) >= 11 is 0. The number of nitrogens with one attached hydrogen (secondary N) is 2. The Hall–Kier alpha value is -1.06. The highest BCUT2D eigenvalue weighted by atomic mass is 16.2. The van der Waals surface area contributed by atoms with Gasteiger partial charge in [-0.15, -0.1) is 0 Å². The maximum absolute atomic E-state index is 11.9. The molecule has 0 aromatic rings. The zero-order chi connectivity index (χ0) is 16.9. The van der Waals surface area contributed by atoms with Crippen LogP contribution in [-0.4, -0.2) is 24.4 Å². The van der Waals surface area contributed by atoms with E-state index in [4.69, 9.17) is 0 Å². The van der Waals surface area contributed by atoms with E-state index in [-0.39, 0.29) is 6.04 Å². The lowest BCUT2D eigenvalue weighted by Gasteiger charge is -2.29. The van der Waals surface area contributed by atoms with Gasteiger partial charge in [0.1, 0.15) is 0 Å². The lowest BCUT2D eigenvalue weighted by atomic mass is 9.86. The minimum atomic E-state index is -0.467. The van der Waals surface area contributed by atoms with Crippen molar-refractivity contribution in [3.8, 4) is 0 Å². The average Bonchev–Trinajstić information content (AvgIpc) is 2.55. The van der Waals surface area contributed by atoms with Gasteiger partial charge in [0.15, 0.2) is 0 Å². The third-order valence-electron chi connectivity index (χ3n) is 4.95. The van der Waals surface area contributed by atoms with Crippen molar-refractivity contribution in [2.24, 2.45) is 5.92 Å². The van der Waals surface area contributed by atoms with Gasteiger partial charge < -0.3 is 10.6 Å². The normalized spacial score (nSPS) is 21.0. The molecule has 1 aliphatic carbocycles. The lowest BCUT2D eigenvalue weighted by molar-refractivity contribution is -0.140. The van der Waals surface area contributed by atoms with Gasteiger partial charge in [-0.1, -0.05) is 71.6 Å². The van der Waals surface area contributed by atoms with E-state index < -0.39 is 11.8 Å². The van der Waals surface area contributed by atoms with Gasteiger partial charge in [0.2, 0.25) is 0 Å². The highest BCUT2D eigenvalue weighted by Crippen LogP contribution is 2.23. The third-order valence-corrected chi connectivity index (χ3v) is 4.95. The monoisotopic (exact) mass is 324 g/mol. The Morgan fingerprint density at radius 1 is 0.870 bits per heavy atom. The molecule has 134 valence electrons. The molecule has 2 amide bonds. The van der Waals surface area contributed by atoms with Gasteiger partial charge in [0.25, 0.3) is 0 Å². The van der Waals surface area contributed by atoms with Crippen molar-refractivity contribution in [1.82, 2.24) is 10.6 Å². The first kappa shape index (κ1) is 20.0. The first-order chi connectivity index (χ1) is 11.1. The van der Waals surface area contributed by atoms with Gasteiger partial charge in [-0.05, 0) is 25.2 Å². The summed E-state index contributed by atoms with van der Waals surface area (Å²) in [5, 5.41) is 5.65. The van der Waals surface area contributed by atoms with Crippen molar-refractivity contribution < 1.29 is 9.59 Å². The van der Waals surface area contributed by atoms with Crippen LogP contribution in [0.1, 0.15) is 90.9 Å². The molecule has 0 saturated heterocycles. The van der Waals surface area contributed by atoms with Crippen molar-refractivity contribution in [3.05, 3.63) is 0 Å². The van der Waals surface area contributed by atoms with Crippen molar-refractivity contribution in [1.29, 1.82) is 0 Å². The fourth-order valence-electron chi connectivity index (χ4n) is 3.31. The molecule has 4 heteroatoms. The molecule has 2 N–H and O–H groups in total. The third kappa shape index (κ3) is 8.97. The second-order valence-corrected chi connectivity index (χ2v) is 7.07. The summed E-state index contributed by atoms with van der Waals surface area (Å²) in [7, 11) is 0. The summed E-state index contributed by atoms with van der Waals surface area (Å²) in [4.78, 5) is 23.7. The predicted molar refractivity (Wildman–Crippen MR) is 95.2 cm³/mol. The molecule has 0 spiro atoms. The van der Waals surface area contributed by atoms with E-state index in [1.54, 1.807) is 0 Å². The Morgan fingerprint density at radius 3 is 2.13 bits per heavy atom.